The molecule has 1 aromatic rings. The van der Waals surface area contributed by atoms with Gasteiger partial charge < -0.3 is 5.73 Å². The second kappa shape index (κ2) is 4.89. The highest BCUT2D eigenvalue weighted by Gasteiger charge is 2.18. The lowest BCUT2D eigenvalue weighted by atomic mass is 10.0. The molecular formula is C9H8ClF2N3. The first kappa shape index (κ1) is 11.7. The topological polar surface area (TPSA) is 62.7 Å². The van der Waals surface area contributed by atoms with Crippen molar-refractivity contribution in [2.75, 3.05) is 5.73 Å². The molecule has 6 heteroatoms. The summed E-state index contributed by atoms with van der Waals surface area (Å²) < 4.78 is 25.1. The van der Waals surface area contributed by atoms with Gasteiger partial charge >= 0.3 is 0 Å². The predicted molar refractivity (Wildman–Crippen MR) is 52.5 cm³/mol. The van der Waals surface area contributed by atoms with Crippen LogP contribution in [0.3, 0.4) is 0 Å². The molecule has 0 saturated carbocycles. The smallest absolute Gasteiger partial charge is 0.265 e. The summed E-state index contributed by atoms with van der Waals surface area (Å²) in [6.45, 7) is 0. The van der Waals surface area contributed by atoms with Crippen molar-refractivity contribution in [2.45, 2.75) is 18.7 Å². The second-order valence-electron chi connectivity index (χ2n) is 2.82. The van der Waals surface area contributed by atoms with Crippen molar-refractivity contribution >= 4 is 17.3 Å². The molecule has 0 aliphatic carbocycles. The number of nitriles is 1. The Labute approximate surface area is 90.5 Å². The van der Waals surface area contributed by atoms with Crippen LogP contribution in [-0.2, 0) is 12.3 Å². The molecule has 0 aromatic carbocycles. The van der Waals surface area contributed by atoms with Gasteiger partial charge in [-0.15, -0.1) is 11.6 Å². The van der Waals surface area contributed by atoms with Gasteiger partial charge in [0.15, 0.2) is 0 Å². The van der Waals surface area contributed by atoms with Gasteiger partial charge in [0.05, 0.1) is 29.8 Å². The maximum atomic E-state index is 12.5. The van der Waals surface area contributed by atoms with E-state index in [0.29, 0.717) is 5.69 Å². The lowest BCUT2D eigenvalue weighted by Gasteiger charge is -2.11. The van der Waals surface area contributed by atoms with Crippen LogP contribution in [0.15, 0.2) is 6.20 Å². The van der Waals surface area contributed by atoms with Crippen molar-refractivity contribution in [3.63, 3.8) is 0 Å². The molecule has 0 bridgehead atoms. The van der Waals surface area contributed by atoms with Gasteiger partial charge in [-0.05, 0) is 0 Å². The number of hydrogen-bond donors (Lipinski definition) is 1. The third-order valence-electron chi connectivity index (χ3n) is 1.96. The maximum Gasteiger partial charge on any atom is 0.265 e. The van der Waals surface area contributed by atoms with Gasteiger partial charge in [-0.25, -0.2) is 8.78 Å². The second-order valence-corrected chi connectivity index (χ2v) is 3.09. The molecule has 0 aliphatic rings. The Hall–Kier alpha value is -1.41. The normalized spacial score (nSPS) is 10.3. The zero-order chi connectivity index (χ0) is 11.4. The van der Waals surface area contributed by atoms with Gasteiger partial charge in [-0.3, -0.25) is 4.98 Å². The van der Waals surface area contributed by atoms with Gasteiger partial charge in [0.2, 0.25) is 0 Å². The Kier molecular flexibility index (Phi) is 3.81. The number of rotatable bonds is 3. The Morgan fingerprint density at radius 1 is 1.60 bits per heavy atom. The molecule has 0 atom stereocenters. The van der Waals surface area contributed by atoms with Crippen LogP contribution >= 0.6 is 11.6 Å². The van der Waals surface area contributed by atoms with Crippen molar-refractivity contribution in [3.05, 3.63) is 23.0 Å². The summed E-state index contributed by atoms with van der Waals surface area (Å²) in [6, 6.07) is 1.79. The SMILES string of the molecule is N#CCc1c(C(F)F)cnc(CCl)c1N. The molecule has 0 radical (unpaired) electrons. The highest BCUT2D eigenvalue weighted by Crippen LogP contribution is 2.28. The lowest BCUT2D eigenvalue weighted by molar-refractivity contribution is 0.150. The highest BCUT2D eigenvalue weighted by atomic mass is 35.5. The first-order valence-corrected chi connectivity index (χ1v) is 4.62. The van der Waals surface area contributed by atoms with Gasteiger partial charge in [0.1, 0.15) is 0 Å². The van der Waals surface area contributed by atoms with Crippen LogP contribution < -0.4 is 5.73 Å². The molecule has 1 heterocycles. The molecule has 0 amide bonds. The molecule has 0 saturated heterocycles. The standard InChI is InChI=1S/C9H8ClF2N3/c10-3-7-8(14)5(1-2-13)6(4-15-7)9(11)12/h4,9H,1,3,14H2. The van der Waals surface area contributed by atoms with E-state index in [1.807, 2.05) is 0 Å². The Balaban J connectivity index is 3.32. The number of anilines is 1. The van der Waals surface area contributed by atoms with Crippen molar-refractivity contribution in [1.82, 2.24) is 4.98 Å². The highest BCUT2D eigenvalue weighted by molar-refractivity contribution is 6.17. The van der Waals surface area contributed by atoms with Crippen LogP contribution in [0.2, 0.25) is 0 Å². The number of aromatic nitrogens is 1. The van der Waals surface area contributed by atoms with Crippen LogP contribution in [0.25, 0.3) is 0 Å². The number of hydrogen-bond acceptors (Lipinski definition) is 3. The fraction of sp³-hybridized carbons (Fsp3) is 0.333. The number of nitrogen functional groups attached to an aromatic ring is 1. The molecule has 0 spiro atoms. The van der Waals surface area contributed by atoms with Gasteiger partial charge in [0, 0.05) is 17.3 Å². The summed E-state index contributed by atoms with van der Waals surface area (Å²) in [6.07, 6.45) is -1.84. The van der Waals surface area contributed by atoms with Crippen LogP contribution in [0.5, 0.6) is 0 Å². The average Bonchev–Trinajstić information content (AvgIpc) is 2.20. The van der Waals surface area contributed by atoms with E-state index in [-0.39, 0.29) is 29.1 Å². The largest absolute Gasteiger partial charge is 0.397 e. The fourth-order valence-corrected chi connectivity index (χ4v) is 1.41. The summed E-state index contributed by atoms with van der Waals surface area (Å²) in [5.74, 6) is 0.0355. The quantitative estimate of drug-likeness (QED) is 0.813. The third kappa shape index (κ3) is 2.34. The van der Waals surface area contributed by atoms with E-state index in [9.17, 15) is 8.78 Å². The lowest BCUT2D eigenvalue weighted by Crippen LogP contribution is -2.05. The van der Waals surface area contributed by atoms with Gasteiger partial charge in [-0.2, -0.15) is 5.26 Å². The number of nitrogens with two attached hydrogens (primary N) is 1. The fourth-order valence-electron chi connectivity index (χ4n) is 1.20. The van der Waals surface area contributed by atoms with Crippen molar-refractivity contribution < 1.29 is 8.78 Å². The minimum absolute atomic E-state index is 0.0355. The Morgan fingerprint density at radius 2 is 2.27 bits per heavy atom. The van der Waals surface area contributed by atoms with E-state index < -0.39 is 6.43 Å². The van der Waals surface area contributed by atoms with E-state index in [2.05, 4.69) is 4.98 Å². The molecule has 0 aliphatic heterocycles. The van der Waals surface area contributed by atoms with E-state index >= 15 is 0 Å². The van der Waals surface area contributed by atoms with Gasteiger partial charge in [0.25, 0.3) is 6.43 Å². The Morgan fingerprint density at radius 3 is 2.73 bits per heavy atom. The van der Waals surface area contributed by atoms with Crippen molar-refractivity contribution in [1.29, 1.82) is 5.26 Å². The van der Waals surface area contributed by atoms with Gasteiger partial charge in [-0.1, -0.05) is 0 Å². The zero-order valence-corrected chi connectivity index (χ0v) is 8.43. The van der Waals surface area contributed by atoms with Crippen molar-refractivity contribution in [2.24, 2.45) is 0 Å². The average molecular weight is 232 g/mol. The van der Waals surface area contributed by atoms with E-state index in [1.165, 1.54) is 0 Å². The summed E-state index contributed by atoms with van der Waals surface area (Å²) in [5, 5.41) is 8.51. The summed E-state index contributed by atoms with van der Waals surface area (Å²) in [4.78, 5) is 3.71. The zero-order valence-electron chi connectivity index (χ0n) is 7.67. The maximum absolute atomic E-state index is 12.5. The molecule has 80 valence electrons. The van der Waals surface area contributed by atoms with Crippen LogP contribution in [0.4, 0.5) is 14.5 Å². The van der Waals surface area contributed by atoms with Crippen LogP contribution in [0, 0.1) is 11.3 Å². The van der Waals surface area contributed by atoms with Crippen LogP contribution in [0.1, 0.15) is 23.2 Å². The Bertz CT molecular complexity index is 401. The first-order valence-electron chi connectivity index (χ1n) is 4.09. The number of alkyl halides is 3. The number of nitrogens with zero attached hydrogens (tertiary/aromatic N) is 2. The predicted octanol–water partition coefficient (Wildman–Crippen LogP) is 2.41. The first-order chi connectivity index (χ1) is 7.11. The summed E-state index contributed by atoms with van der Waals surface area (Å²) in [7, 11) is 0. The van der Waals surface area contributed by atoms with E-state index in [1.54, 1.807) is 6.07 Å². The third-order valence-corrected chi connectivity index (χ3v) is 2.21. The van der Waals surface area contributed by atoms with E-state index in [4.69, 9.17) is 22.6 Å². The molecule has 0 unspecified atom stereocenters. The number of halogens is 3. The monoisotopic (exact) mass is 231 g/mol. The summed E-state index contributed by atoms with van der Waals surface area (Å²) >= 11 is 5.52. The van der Waals surface area contributed by atoms with Crippen molar-refractivity contribution in [3.8, 4) is 6.07 Å². The molecule has 2 N–H and O–H groups in total. The molecule has 3 nitrogen and oxygen atoms in total. The molecule has 1 rings (SSSR count). The minimum Gasteiger partial charge on any atom is -0.397 e. The molecular weight excluding hydrogens is 224 g/mol. The van der Waals surface area contributed by atoms with Crippen LogP contribution in [-0.4, -0.2) is 4.98 Å². The molecule has 15 heavy (non-hydrogen) atoms. The molecule has 1 aromatic heterocycles. The minimum atomic E-state index is -2.69. The summed E-state index contributed by atoms with van der Waals surface area (Å²) in [5.41, 5.74) is 5.82. The number of pyridine rings is 1. The van der Waals surface area contributed by atoms with E-state index in [0.717, 1.165) is 6.20 Å². The molecule has 0 fully saturated rings.